The van der Waals surface area contributed by atoms with Gasteiger partial charge in [-0.05, 0) is 23.8 Å². The van der Waals surface area contributed by atoms with Crippen LogP contribution in [-0.2, 0) is 11.2 Å². The normalized spacial score (nSPS) is 11.6. The number of rotatable bonds is 6. The highest BCUT2D eigenvalue weighted by Crippen LogP contribution is 2.17. The van der Waals surface area contributed by atoms with Gasteiger partial charge in [-0.25, -0.2) is 4.39 Å². The van der Waals surface area contributed by atoms with Crippen molar-refractivity contribution in [2.75, 3.05) is 5.32 Å². The lowest BCUT2D eigenvalue weighted by Gasteiger charge is -2.19. The minimum atomic E-state index is -0.884. The lowest BCUT2D eigenvalue weighted by Crippen LogP contribution is -2.45. The maximum atomic E-state index is 14.1. The Morgan fingerprint density at radius 1 is 0.903 bits per heavy atom. The zero-order valence-electron chi connectivity index (χ0n) is 16.5. The molecule has 0 spiro atoms. The number of amides is 2. The smallest absolute Gasteiger partial charge is 0.254 e. The van der Waals surface area contributed by atoms with Crippen LogP contribution in [0.2, 0.25) is 0 Å². The van der Waals surface area contributed by atoms with Gasteiger partial charge in [-0.15, -0.1) is 0 Å². The lowest BCUT2D eigenvalue weighted by molar-refractivity contribution is -0.118. The van der Waals surface area contributed by atoms with Crippen molar-refractivity contribution in [1.82, 2.24) is 15.3 Å². The number of hydrogen-bond donors (Lipinski definition) is 2. The number of carbonyl (C=O) groups is 2. The van der Waals surface area contributed by atoms with E-state index >= 15 is 0 Å². The van der Waals surface area contributed by atoms with Crippen molar-refractivity contribution in [2.24, 2.45) is 0 Å². The molecule has 6 nitrogen and oxygen atoms in total. The minimum Gasteiger partial charge on any atom is -0.340 e. The first-order chi connectivity index (χ1) is 15.1. The van der Waals surface area contributed by atoms with E-state index in [0.29, 0.717) is 5.69 Å². The first-order valence-electron chi connectivity index (χ1n) is 9.71. The molecule has 0 saturated heterocycles. The van der Waals surface area contributed by atoms with E-state index in [0.717, 1.165) is 11.6 Å². The Morgan fingerprint density at radius 3 is 2.32 bits per heavy atom. The SMILES string of the molecule is O=C(NC(Cc1ccccc1)C(=O)Nc1ccccc1)c1cc(F)cc2nccnc12. The molecule has 2 N–H and O–H groups in total. The van der Waals surface area contributed by atoms with Gasteiger partial charge in [-0.1, -0.05) is 48.5 Å². The van der Waals surface area contributed by atoms with E-state index in [9.17, 15) is 14.0 Å². The average molecular weight is 414 g/mol. The lowest BCUT2D eigenvalue weighted by atomic mass is 10.0. The Bertz CT molecular complexity index is 1220. The van der Waals surface area contributed by atoms with E-state index in [4.69, 9.17) is 0 Å². The number of carbonyl (C=O) groups excluding carboxylic acids is 2. The van der Waals surface area contributed by atoms with Crippen molar-refractivity contribution in [3.8, 4) is 0 Å². The van der Waals surface area contributed by atoms with Crippen molar-refractivity contribution in [3.63, 3.8) is 0 Å². The summed E-state index contributed by atoms with van der Waals surface area (Å²) >= 11 is 0. The third-order valence-electron chi connectivity index (χ3n) is 4.73. The van der Waals surface area contributed by atoms with Crippen molar-refractivity contribution in [1.29, 1.82) is 0 Å². The van der Waals surface area contributed by atoms with Gasteiger partial charge in [0, 0.05) is 30.6 Å². The minimum absolute atomic E-state index is 0.0219. The molecule has 0 aliphatic carbocycles. The van der Waals surface area contributed by atoms with E-state index in [-0.39, 0.29) is 28.9 Å². The Balaban J connectivity index is 1.62. The molecule has 0 fully saturated rings. The van der Waals surface area contributed by atoms with Crippen molar-refractivity contribution >= 4 is 28.5 Å². The summed E-state index contributed by atoms with van der Waals surface area (Å²) in [5, 5.41) is 5.55. The second kappa shape index (κ2) is 9.13. The molecule has 4 rings (SSSR count). The van der Waals surface area contributed by atoms with Crippen LogP contribution in [0.15, 0.2) is 85.2 Å². The Labute approximate surface area is 178 Å². The van der Waals surface area contributed by atoms with Crippen LogP contribution in [0.1, 0.15) is 15.9 Å². The van der Waals surface area contributed by atoms with Crippen LogP contribution in [0, 0.1) is 5.82 Å². The number of fused-ring (bicyclic) bond motifs is 1. The molecule has 31 heavy (non-hydrogen) atoms. The molecule has 0 aliphatic rings. The standard InChI is InChI=1S/C24H19FN4O2/c25-17-14-19(22-20(15-17)26-11-12-27-22)23(30)29-21(13-16-7-3-1-4-8-16)24(31)28-18-9-5-2-6-10-18/h1-12,14-15,21H,13H2,(H,28,31)(H,29,30). The van der Waals surface area contributed by atoms with Gasteiger partial charge in [0.05, 0.1) is 11.1 Å². The number of para-hydroxylation sites is 1. The maximum Gasteiger partial charge on any atom is 0.254 e. The van der Waals surface area contributed by atoms with E-state index in [2.05, 4.69) is 20.6 Å². The number of aromatic nitrogens is 2. The van der Waals surface area contributed by atoms with Crippen molar-refractivity contribution in [3.05, 3.63) is 102 Å². The molecule has 1 aromatic heterocycles. The van der Waals surface area contributed by atoms with Gasteiger partial charge in [0.2, 0.25) is 5.91 Å². The fraction of sp³-hybridized carbons (Fsp3) is 0.0833. The van der Waals surface area contributed by atoms with Crippen molar-refractivity contribution in [2.45, 2.75) is 12.5 Å². The summed E-state index contributed by atoms with van der Waals surface area (Å²) in [6, 6.07) is 19.7. The van der Waals surface area contributed by atoms with Crippen molar-refractivity contribution < 1.29 is 14.0 Å². The number of hydrogen-bond acceptors (Lipinski definition) is 4. The fourth-order valence-electron chi connectivity index (χ4n) is 3.26. The summed E-state index contributed by atoms with van der Waals surface area (Å²) in [7, 11) is 0. The van der Waals surface area contributed by atoms with Crippen LogP contribution in [-0.4, -0.2) is 27.8 Å². The first kappa shape index (κ1) is 20.2. The fourth-order valence-corrected chi connectivity index (χ4v) is 3.26. The molecule has 2 amide bonds. The highest BCUT2D eigenvalue weighted by molar-refractivity contribution is 6.07. The molecule has 3 aromatic carbocycles. The highest BCUT2D eigenvalue weighted by atomic mass is 19.1. The molecule has 0 aliphatic heterocycles. The Morgan fingerprint density at radius 2 is 1.58 bits per heavy atom. The zero-order chi connectivity index (χ0) is 21.6. The number of benzene rings is 3. The largest absolute Gasteiger partial charge is 0.340 e. The van der Waals surface area contributed by atoms with Gasteiger partial charge in [0.15, 0.2) is 0 Å². The highest BCUT2D eigenvalue weighted by Gasteiger charge is 2.24. The molecule has 1 heterocycles. The molecule has 7 heteroatoms. The van der Waals surface area contributed by atoms with Gasteiger partial charge < -0.3 is 10.6 Å². The molecule has 0 bridgehead atoms. The maximum absolute atomic E-state index is 14.1. The van der Waals surface area contributed by atoms with Gasteiger partial charge >= 0.3 is 0 Å². The third-order valence-corrected chi connectivity index (χ3v) is 4.73. The molecular weight excluding hydrogens is 395 g/mol. The summed E-state index contributed by atoms with van der Waals surface area (Å²) in [4.78, 5) is 34.2. The monoisotopic (exact) mass is 414 g/mol. The zero-order valence-corrected chi connectivity index (χ0v) is 16.5. The van der Waals surface area contributed by atoms with Crippen LogP contribution < -0.4 is 10.6 Å². The number of halogens is 1. The van der Waals surface area contributed by atoms with Gasteiger partial charge in [-0.2, -0.15) is 0 Å². The van der Waals surface area contributed by atoms with Gasteiger partial charge in [0.25, 0.3) is 5.91 Å². The topological polar surface area (TPSA) is 84.0 Å². The summed E-state index contributed by atoms with van der Waals surface area (Å²) in [5.41, 5.74) is 2.04. The quantitative estimate of drug-likeness (QED) is 0.503. The van der Waals surface area contributed by atoms with Crippen LogP contribution in [0.5, 0.6) is 0 Å². The number of anilines is 1. The van der Waals surface area contributed by atoms with E-state index in [1.54, 1.807) is 24.3 Å². The first-order valence-corrected chi connectivity index (χ1v) is 9.71. The van der Waals surface area contributed by atoms with Crippen LogP contribution >= 0.6 is 0 Å². The van der Waals surface area contributed by atoms with Gasteiger partial charge in [0.1, 0.15) is 17.4 Å². The molecule has 4 aromatic rings. The van der Waals surface area contributed by atoms with E-state index in [1.807, 2.05) is 36.4 Å². The number of nitrogens with zero attached hydrogens (tertiary/aromatic N) is 2. The predicted octanol–water partition coefficient (Wildman–Crippen LogP) is 3.75. The molecule has 0 saturated carbocycles. The van der Waals surface area contributed by atoms with E-state index < -0.39 is 17.8 Å². The summed E-state index contributed by atoms with van der Waals surface area (Å²) < 4.78 is 14.1. The Kier molecular flexibility index (Phi) is 5.93. The van der Waals surface area contributed by atoms with Gasteiger partial charge in [-0.3, -0.25) is 19.6 Å². The molecule has 1 unspecified atom stereocenters. The summed E-state index contributed by atoms with van der Waals surface area (Å²) in [6.45, 7) is 0. The van der Waals surface area contributed by atoms with E-state index in [1.165, 1.54) is 18.5 Å². The third kappa shape index (κ3) is 4.90. The average Bonchev–Trinajstić information content (AvgIpc) is 2.79. The number of nitrogens with one attached hydrogen (secondary N) is 2. The second-order valence-electron chi connectivity index (χ2n) is 6.95. The molecular formula is C24H19FN4O2. The summed E-state index contributed by atoms with van der Waals surface area (Å²) in [6.07, 6.45) is 3.12. The second-order valence-corrected chi connectivity index (χ2v) is 6.95. The Hall–Kier alpha value is -4.13. The van der Waals surface area contributed by atoms with Crippen LogP contribution in [0.25, 0.3) is 11.0 Å². The summed E-state index contributed by atoms with van der Waals surface area (Å²) in [5.74, 6) is -1.59. The molecule has 1 atom stereocenters. The molecule has 154 valence electrons. The molecule has 0 radical (unpaired) electrons. The predicted molar refractivity (Wildman–Crippen MR) is 116 cm³/mol. The van der Waals surface area contributed by atoms with Crippen LogP contribution in [0.4, 0.5) is 10.1 Å². The van der Waals surface area contributed by atoms with Crippen LogP contribution in [0.3, 0.4) is 0 Å².